The molecule has 0 spiro atoms. The van der Waals surface area contributed by atoms with Crippen molar-refractivity contribution >= 4 is 17.4 Å². The highest BCUT2D eigenvalue weighted by atomic mass is 35.5. The van der Waals surface area contributed by atoms with Crippen LogP contribution < -0.4 is 0 Å². The minimum absolute atomic E-state index is 0.0549. The number of Topliss-reactive ketones (excluding diaryl/α,β-unsaturated/α-hetero) is 1. The largest absolute Gasteiger partial charge is 0.424 e. The van der Waals surface area contributed by atoms with Crippen LogP contribution in [0.4, 0.5) is 0 Å². The van der Waals surface area contributed by atoms with Crippen molar-refractivity contribution in [2.75, 3.05) is 0 Å². The van der Waals surface area contributed by atoms with Gasteiger partial charge in [-0.1, -0.05) is 72.2 Å². The van der Waals surface area contributed by atoms with Crippen molar-refractivity contribution in [1.29, 1.82) is 0 Å². The van der Waals surface area contributed by atoms with Crippen LogP contribution in [0.25, 0.3) is 0 Å². The molecule has 4 saturated carbocycles. The van der Waals surface area contributed by atoms with Gasteiger partial charge in [-0.3, -0.25) is 4.79 Å². The van der Waals surface area contributed by atoms with Gasteiger partial charge < -0.3 is 9.52 Å². The molecule has 2 aromatic rings. The average Bonchev–Trinajstić information content (AvgIpc) is 3.55. The predicted octanol–water partition coefficient (Wildman–Crippen LogP) is 8.91. The zero-order valence-electron chi connectivity index (χ0n) is 27.8. The second-order valence-corrected chi connectivity index (χ2v) is 17.4. The van der Waals surface area contributed by atoms with Crippen LogP contribution in [-0.4, -0.2) is 27.2 Å². The van der Waals surface area contributed by atoms with Crippen molar-refractivity contribution in [3.63, 3.8) is 0 Å². The molecule has 4 fully saturated rings. The fourth-order valence-electron chi connectivity index (χ4n) is 12.2. The molecule has 0 unspecified atom stereocenters. The lowest BCUT2D eigenvalue weighted by Crippen LogP contribution is -2.65. The Bertz CT molecular complexity index is 1510. The highest BCUT2D eigenvalue weighted by Crippen LogP contribution is 2.76. The number of hydrogen-bond acceptors (Lipinski definition) is 5. The predicted molar refractivity (Wildman–Crippen MR) is 173 cm³/mol. The second-order valence-electron chi connectivity index (χ2n) is 17.0. The lowest BCUT2D eigenvalue weighted by molar-refractivity contribution is -0.227. The zero-order valence-corrected chi connectivity index (χ0v) is 28.6. The number of hydrogen-bond donors (Lipinski definition) is 1. The van der Waals surface area contributed by atoms with E-state index in [1.165, 1.54) is 24.8 Å². The summed E-state index contributed by atoms with van der Waals surface area (Å²) in [6.07, 6.45) is 9.41. The summed E-state index contributed by atoms with van der Waals surface area (Å²) in [6.45, 7) is 16.8. The standard InChI is InChI=1S/C38H51ClN2O3/c1-22(2)31-26(42)21-38(33-41-40-30(44-33)20-23-8-10-24(39)11-9-23)19-18-36(6)25(32(31)38)12-13-28-35(5)16-15-29(43)34(3,4)27(35)14-17-37(28,36)7/h8-11,22,25,27-29,43H,12-21H2,1-7H3/t25-,27+,28-,29+,35+,36-,37-,38-/m1/s1. The molecule has 8 atom stereocenters. The maximum Gasteiger partial charge on any atom is 0.227 e. The number of halogens is 1. The molecule has 0 radical (unpaired) electrons. The molecular weight excluding hydrogens is 568 g/mol. The first-order chi connectivity index (χ1) is 20.7. The summed E-state index contributed by atoms with van der Waals surface area (Å²) in [5.41, 5.74) is 3.39. The molecule has 238 valence electrons. The van der Waals surface area contributed by atoms with Gasteiger partial charge in [0.1, 0.15) is 0 Å². The monoisotopic (exact) mass is 618 g/mol. The number of nitrogens with zero attached hydrogens (tertiary/aromatic N) is 2. The van der Waals surface area contributed by atoms with Crippen molar-refractivity contribution < 1.29 is 14.3 Å². The molecule has 0 bridgehead atoms. The van der Waals surface area contributed by atoms with Gasteiger partial charge in [-0.15, -0.1) is 10.2 Å². The first-order valence-electron chi connectivity index (χ1n) is 17.2. The fourth-order valence-corrected chi connectivity index (χ4v) is 12.3. The summed E-state index contributed by atoms with van der Waals surface area (Å²) in [7, 11) is 0. The molecule has 1 heterocycles. The summed E-state index contributed by atoms with van der Waals surface area (Å²) >= 11 is 6.11. The zero-order chi connectivity index (χ0) is 31.4. The highest BCUT2D eigenvalue weighted by molar-refractivity contribution is 6.30. The molecule has 1 aromatic carbocycles. The van der Waals surface area contributed by atoms with Gasteiger partial charge in [-0.2, -0.15) is 0 Å². The third-order valence-electron chi connectivity index (χ3n) is 14.6. The number of rotatable bonds is 4. The summed E-state index contributed by atoms with van der Waals surface area (Å²) < 4.78 is 6.54. The summed E-state index contributed by atoms with van der Waals surface area (Å²) in [4.78, 5) is 14.0. The van der Waals surface area contributed by atoms with Gasteiger partial charge in [-0.25, -0.2) is 0 Å². The Hall–Kier alpha value is -1.98. The molecule has 0 amide bonds. The Balaban J connectivity index is 1.28. The summed E-state index contributed by atoms with van der Waals surface area (Å²) in [6, 6.07) is 7.78. The minimum atomic E-state index is -0.493. The average molecular weight is 619 g/mol. The van der Waals surface area contributed by atoms with Crippen LogP contribution in [0.3, 0.4) is 0 Å². The lowest BCUT2D eigenvalue weighted by atomic mass is 9.33. The third kappa shape index (κ3) is 4.03. The quantitative estimate of drug-likeness (QED) is 0.370. The first-order valence-corrected chi connectivity index (χ1v) is 17.6. The van der Waals surface area contributed by atoms with Crippen LogP contribution in [-0.2, 0) is 16.6 Å². The van der Waals surface area contributed by atoms with Crippen LogP contribution in [0, 0.1) is 45.3 Å². The minimum Gasteiger partial charge on any atom is -0.424 e. The molecule has 5 nitrogen and oxygen atoms in total. The SMILES string of the molecule is CC(C)C1=C2[C@H]3CC[C@@H]4[C@@]5(C)CC[C@H](O)C(C)(C)[C@@H]5CC[C@@]4(C)[C@]3(C)CC[C@@]2(c2nnc(Cc3ccc(Cl)cc3)o2)CC1=O. The van der Waals surface area contributed by atoms with Gasteiger partial charge in [0.15, 0.2) is 5.78 Å². The molecule has 1 aromatic heterocycles. The van der Waals surface area contributed by atoms with Gasteiger partial charge >= 0.3 is 0 Å². The van der Waals surface area contributed by atoms with Crippen LogP contribution in [0.2, 0.25) is 5.02 Å². The van der Waals surface area contributed by atoms with Crippen molar-refractivity contribution in [1.82, 2.24) is 10.2 Å². The Morgan fingerprint density at radius 3 is 2.34 bits per heavy atom. The van der Waals surface area contributed by atoms with Crippen LogP contribution in [0.5, 0.6) is 0 Å². The van der Waals surface area contributed by atoms with E-state index in [0.29, 0.717) is 47.4 Å². The molecule has 44 heavy (non-hydrogen) atoms. The van der Waals surface area contributed by atoms with Crippen molar-refractivity contribution in [3.8, 4) is 0 Å². The number of fused-ring (bicyclic) bond motifs is 7. The van der Waals surface area contributed by atoms with Gasteiger partial charge in [-0.05, 0) is 126 Å². The number of carbonyl (C=O) groups excluding carboxylic acids is 1. The number of allylic oxidation sites excluding steroid dienone is 2. The van der Waals surface area contributed by atoms with Crippen LogP contribution in [0.15, 0.2) is 39.8 Å². The molecule has 0 saturated heterocycles. The first kappa shape index (κ1) is 30.7. The van der Waals surface area contributed by atoms with Gasteiger partial charge in [0, 0.05) is 11.4 Å². The summed E-state index contributed by atoms with van der Waals surface area (Å²) in [5, 5.41) is 21.0. The van der Waals surface area contributed by atoms with E-state index in [0.717, 1.165) is 43.2 Å². The van der Waals surface area contributed by atoms with E-state index in [-0.39, 0.29) is 39.5 Å². The summed E-state index contributed by atoms with van der Waals surface area (Å²) in [5.74, 6) is 3.17. The van der Waals surface area contributed by atoms with Gasteiger partial charge in [0.2, 0.25) is 11.8 Å². The Morgan fingerprint density at radius 2 is 1.64 bits per heavy atom. The molecule has 6 heteroatoms. The Kier molecular flexibility index (Phi) is 6.97. The maximum absolute atomic E-state index is 14.0. The number of ketones is 1. The maximum atomic E-state index is 14.0. The van der Waals surface area contributed by atoms with E-state index in [1.807, 2.05) is 24.3 Å². The molecular formula is C38H51ClN2O3. The molecule has 5 aliphatic rings. The Morgan fingerprint density at radius 1 is 0.909 bits per heavy atom. The van der Waals surface area contributed by atoms with Gasteiger partial charge in [0.05, 0.1) is 17.9 Å². The number of benzene rings is 1. The lowest BCUT2D eigenvalue weighted by Gasteiger charge is -2.72. The highest BCUT2D eigenvalue weighted by Gasteiger charge is 2.70. The van der Waals surface area contributed by atoms with Gasteiger partial charge in [0.25, 0.3) is 0 Å². The number of aromatic nitrogens is 2. The molecule has 5 aliphatic carbocycles. The molecule has 7 rings (SSSR count). The van der Waals surface area contributed by atoms with Crippen molar-refractivity contribution in [3.05, 3.63) is 57.8 Å². The molecule has 1 N–H and O–H groups in total. The van der Waals surface area contributed by atoms with E-state index in [4.69, 9.17) is 21.1 Å². The fraction of sp³-hybridized carbons (Fsp3) is 0.711. The van der Waals surface area contributed by atoms with Crippen molar-refractivity contribution in [2.45, 2.75) is 124 Å². The van der Waals surface area contributed by atoms with E-state index < -0.39 is 5.41 Å². The second kappa shape index (κ2) is 10.0. The van der Waals surface area contributed by atoms with Crippen molar-refractivity contribution in [2.24, 2.45) is 45.3 Å². The van der Waals surface area contributed by atoms with E-state index in [1.54, 1.807) is 0 Å². The van der Waals surface area contributed by atoms with Crippen LogP contribution >= 0.6 is 11.6 Å². The van der Waals surface area contributed by atoms with Crippen LogP contribution in [0.1, 0.15) is 124 Å². The smallest absolute Gasteiger partial charge is 0.227 e. The van der Waals surface area contributed by atoms with E-state index in [2.05, 4.69) is 53.6 Å². The number of aliphatic hydroxyl groups excluding tert-OH is 1. The topological polar surface area (TPSA) is 76.2 Å². The van der Waals surface area contributed by atoms with E-state index >= 15 is 0 Å². The van der Waals surface area contributed by atoms with E-state index in [9.17, 15) is 9.90 Å². The number of carbonyl (C=O) groups is 1. The molecule has 0 aliphatic heterocycles. The normalized spacial score (nSPS) is 41.3. The Labute approximate surface area is 268 Å². The third-order valence-corrected chi connectivity index (χ3v) is 14.8. The number of aliphatic hydroxyl groups is 1.